The molecule has 0 bridgehead atoms. The third-order valence-corrected chi connectivity index (χ3v) is 3.72. The minimum absolute atomic E-state index is 0.122. The average Bonchev–Trinajstić information content (AvgIpc) is 2.67. The van der Waals surface area contributed by atoms with E-state index in [1.165, 1.54) is 32.2 Å². The third kappa shape index (κ3) is 4.72. The molecule has 0 aromatic heterocycles. The molecular weight excluding hydrogens is 354 g/mol. The van der Waals surface area contributed by atoms with Crippen molar-refractivity contribution in [2.24, 2.45) is 0 Å². The van der Waals surface area contributed by atoms with Gasteiger partial charge in [0.2, 0.25) is 0 Å². The fourth-order valence-corrected chi connectivity index (χ4v) is 2.29. The summed E-state index contributed by atoms with van der Waals surface area (Å²) in [6.45, 7) is 1.42. The van der Waals surface area contributed by atoms with Crippen LogP contribution in [0, 0.1) is 10.1 Å². The molecule has 0 fully saturated rings. The van der Waals surface area contributed by atoms with Gasteiger partial charge in [-0.15, -0.1) is 0 Å². The zero-order valence-electron chi connectivity index (χ0n) is 15.0. The molecule has 0 aliphatic heterocycles. The van der Waals surface area contributed by atoms with Gasteiger partial charge in [0.1, 0.15) is 5.75 Å². The lowest BCUT2D eigenvalue weighted by Gasteiger charge is -2.16. The van der Waals surface area contributed by atoms with Crippen LogP contribution in [0.15, 0.2) is 42.5 Å². The number of amides is 1. The zero-order chi connectivity index (χ0) is 20.0. The number of nitrogens with zero attached hydrogens (tertiary/aromatic N) is 1. The number of carbonyl (C=O) groups is 2. The van der Waals surface area contributed by atoms with E-state index in [0.29, 0.717) is 11.3 Å². The summed E-state index contributed by atoms with van der Waals surface area (Å²) >= 11 is 0. The predicted molar refractivity (Wildman–Crippen MR) is 99.1 cm³/mol. The first-order valence-electron chi connectivity index (χ1n) is 7.98. The second-order valence-corrected chi connectivity index (χ2v) is 5.47. The number of carbonyl (C=O) groups excluding carboxylic acids is 2. The van der Waals surface area contributed by atoms with Gasteiger partial charge in [0.25, 0.3) is 11.6 Å². The van der Waals surface area contributed by atoms with Crippen molar-refractivity contribution >= 4 is 28.9 Å². The lowest BCUT2D eigenvalue weighted by Crippen LogP contribution is -2.30. The first-order chi connectivity index (χ1) is 12.9. The third-order valence-electron chi connectivity index (χ3n) is 3.72. The van der Waals surface area contributed by atoms with Crippen LogP contribution in [0.4, 0.5) is 17.1 Å². The minimum atomic E-state index is -1.10. The summed E-state index contributed by atoms with van der Waals surface area (Å²) in [5, 5.41) is 16.2. The summed E-state index contributed by atoms with van der Waals surface area (Å²) in [6.07, 6.45) is -1.10. The van der Waals surface area contributed by atoms with Crippen molar-refractivity contribution in [2.45, 2.75) is 13.0 Å². The van der Waals surface area contributed by atoms with Crippen LogP contribution in [0.3, 0.4) is 0 Å². The van der Waals surface area contributed by atoms with Gasteiger partial charge in [0.05, 0.1) is 29.4 Å². The van der Waals surface area contributed by atoms with Gasteiger partial charge in [-0.2, -0.15) is 0 Å². The van der Waals surface area contributed by atoms with Crippen molar-refractivity contribution in [1.29, 1.82) is 0 Å². The lowest BCUT2D eigenvalue weighted by atomic mass is 10.2. The van der Waals surface area contributed by atoms with Crippen molar-refractivity contribution in [2.75, 3.05) is 24.8 Å². The maximum Gasteiger partial charge on any atom is 0.341 e. The molecule has 2 rings (SSSR count). The molecule has 1 amide bonds. The second-order valence-electron chi connectivity index (χ2n) is 5.47. The van der Waals surface area contributed by atoms with Gasteiger partial charge in [-0.1, -0.05) is 12.1 Å². The number of nitro benzene ring substituents is 1. The van der Waals surface area contributed by atoms with E-state index in [9.17, 15) is 19.7 Å². The summed E-state index contributed by atoms with van der Waals surface area (Å²) in [5.41, 5.74) is 0.930. The highest BCUT2D eigenvalue weighted by atomic mass is 16.6. The average molecular weight is 373 g/mol. The Hall–Kier alpha value is -3.62. The van der Waals surface area contributed by atoms with E-state index < -0.39 is 22.9 Å². The molecular formula is C18H19N3O6. The monoisotopic (exact) mass is 373 g/mol. The minimum Gasteiger partial charge on any atom is -0.494 e. The summed E-state index contributed by atoms with van der Waals surface area (Å²) < 4.78 is 10.3. The van der Waals surface area contributed by atoms with Crippen molar-refractivity contribution in [3.63, 3.8) is 0 Å². The smallest absolute Gasteiger partial charge is 0.341 e. The molecule has 0 radical (unpaired) electrons. The molecule has 0 unspecified atom stereocenters. The first kappa shape index (κ1) is 19.7. The van der Waals surface area contributed by atoms with E-state index in [1.807, 2.05) is 0 Å². The molecule has 0 saturated carbocycles. The van der Waals surface area contributed by atoms with E-state index in [1.54, 1.807) is 31.3 Å². The van der Waals surface area contributed by atoms with Gasteiger partial charge < -0.3 is 20.1 Å². The molecule has 0 spiro atoms. The Balaban J connectivity index is 2.09. The van der Waals surface area contributed by atoms with Crippen LogP contribution in [0.2, 0.25) is 0 Å². The number of para-hydroxylation sites is 1. The summed E-state index contributed by atoms with van der Waals surface area (Å²) in [7, 11) is 3.00. The molecule has 2 aromatic carbocycles. The van der Waals surface area contributed by atoms with Crippen molar-refractivity contribution in [1.82, 2.24) is 0 Å². The molecule has 9 heteroatoms. The summed E-state index contributed by atoms with van der Waals surface area (Å²) in [6, 6.07) is 10.5. The summed E-state index contributed by atoms with van der Waals surface area (Å²) in [5.74, 6) is -1.13. The number of esters is 1. The predicted octanol–water partition coefficient (Wildman–Crippen LogP) is 2.83. The Kier molecular flexibility index (Phi) is 6.32. The van der Waals surface area contributed by atoms with Gasteiger partial charge in [0.15, 0.2) is 6.10 Å². The zero-order valence-corrected chi connectivity index (χ0v) is 15.0. The molecule has 0 aliphatic rings. The number of benzene rings is 2. The number of methoxy groups -OCH3 is 1. The highest BCUT2D eigenvalue weighted by molar-refractivity contribution is 6.00. The van der Waals surface area contributed by atoms with E-state index in [4.69, 9.17) is 9.47 Å². The normalized spacial score (nSPS) is 11.2. The van der Waals surface area contributed by atoms with Crippen LogP contribution in [0.25, 0.3) is 0 Å². The molecule has 2 aromatic rings. The number of ether oxygens (including phenoxy) is 2. The van der Waals surface area contributed by atoms with Gasteiger partial charge in [-0.25, -0.2) is 4.79 Å². The van der Waals surface area contributed by atoms with Crippen molar-refractivity contribution in [3.8, 4) is 5.75 Å². The van der Waals surface area contributed by atoms with Crippen LogP contribution < -0.4 is 15.4 Å². The molecule has 2 N–H and O–H groups in total. The number of non-ortho nitro benzene ring substituents is 1. The van der Waals surface area contributed by atoms with Crippen LogP contribution in [-0.4, -0.2) is 37.1 Å². The van der Waals surface area contributed by atoms with Gasteiger partial charge in [-0.3, -0.25) is 14.9 Å². The number of anilines is 2. The summed E-state index contributed by atoms with van der Waals surface area (Å²) in [4.78, 5) is 34.9. The highest BCUT2D eigenvalue weighted by Crippen LogP contribution is 2.29. The number of rotatable bonds is 7. The molecule has 1 atom stereocenters. The largest absolute Gasteiger partial charge is 0.494 e. The fourth-order valence-electron chi connectivity index (χ4n) is 2.29. The van der Waals surface area contributed by atoms with Crippen molar-refractivity contribution < 1.29 is 24.0 Å². The lowest BCUT2D eigenvalue weighted by molar-refractivity contribution is -0.384. The Morgan fingerprint density at radius 3 is 2.48 bits per heavy atom. The van der Waals surface area contributed by atoms with Crippen LogP contribution in [0.5, 0.6) is 5.75 Å². The van der Waals surface area contributed by atoms with E-state index >= 15 is 0 Å². The number of hydrogen-bond acceptors (Lipinski definition) is 7. The molecule has 27 heavy (non-hydrogen) atoms. The maximum atomic E-state index is 12.3. The van der Waals surface area contributed by atoms with Crippen LogP contribution in [-0.2, 0) is 9.53 Å². The standard InChI is InChI=1S/C18H19N3O6/c1-11(27-18(23)13-6-4-5-7-14(13)19-2)17(22)20-15-9-8-12(21(24)25)10-16(15)26-3/h4-11,19H,1-3H3,(H,20,22)/t11-/m1/s1. The molecule has 9 nitrogen and oxygen atoms in total. The van der Waals surface area contributed by atoms with E-state index in [0.717, 1.165) is 0 Å². The quantitative estimate of drug-likeness (QED) is 0.435. The molecule has 0 heterocycles. The maximum absolute atomic E-state index is 12.3. The van der Waals surface area contributed by atoms with Gasteiger partial charge in [-0.05, 0) is 25.1 Å². The Morgan fingerprint density at radius 1 is 1.15 bits per heavy atom. The highest BCUT2D eigenvalue weighted by Gasteiger charge is 2.22. The number of nitro groups is 1. The van der Waals surface area contributed by atoms with E-state index in [2.05, 4.69) is 10.6 Å². The Morgan fingerprint density at radius 2 is 1.85 bits per heavy atom. The second kappa shape index (κ2) is 8.65. The topological polar surface area (TPSA) is 120 Å². The molecule has 0 aliphatic carbocycles. The van der Waals surface area contributed by atoms with Crippen LogP contribution >= 0.6 is 0 Å². The number of nitrogens with one attached hydrogen (secondary N) is 2. The molecule has 0 saturated heterocycles. The SMILES string of the molecule is CNc1ccccc1C(=O)O[C@H](C)C(=O)Nc1ccc([N+](=O)[O-])cc1OC. The van der Waals surface area contributed by atoms with Crippen molar-refractivity contribution in [3.05, 3.63) is 58.1 Å². The van der Waals surface area contributed by atoms with Gasteiger partial charge >= 0.3 is 5.97 Å². The molecule has 142 valence electrons. The van der Waals surface area contributed by atoms with E-state index in [-0.39, 0.29) is 17.1 Å². The fraction of sp³-hybridized carbons (Fsp3) is 0.222. The number of hydrogen-bond donors (Lipinski definition) is 2. The first-order valence-corrected chi connectivity index (χ1v) is 7.98. The van der Waals surface area contributed by atoms with Crippen LogP contribution in [0.1, 0.15) is 17.3 Å². The van der Waals surface area contributed by atoms with Gasteiger partial charge in [0, 0.05) is 18.8 Å². The Labute approximate surface area is 155 Å². The Bertz CT molecular complexity index is 868.